The number of hydrogen-bond donors (Lipinski definition) is 2. The molecule has 1 aliphatic rings. The van der Waals surface area contributed by atoms with Gasteiger partial charge in [0.2, 0.25) is 5.88 Å². The predicted molar refractivity (Wildman–Crippen MR) is 98.5 cm³/mol. The number of amides is 2. The van der Waals surface area contributed by atoms with Crippen molar-refractivity contribution in [1.29, 1.82) is 0 Å². The molecule has 1 atom stereocenters. The van der Waals surface area contributed by atoms with Gasteiger partial charge in [-0.25, -0.2) is 14.8 Å². The topological polar surface area (TPSA) is 101 Å². The number of carbonyl (C=O) groups is 1. The fraction of sp³-hybridized carbons (Fsp3) is 0.333. The Kier molecular flexibility index (Phi) is 4.49. The minimum atomic E-state index is -0.320. The van der Waals surface area contributed by atoms with Crippen LogP contribution in [0.2, 0.25) is 0 Å². The molecule has 0 spiro atoms. The lowest BCUT2D eigenvalue weighted by molar-refractivity contribution is 0.189. The van der Waals surface area contributed by atoms with Gasteiger partial charge in [0.05, 0.1) is 24.3 Å². The first-order valence-corrected chi connectivity index (χ1v) is 8.84. The number of hydrogen-bond acceptors (Lipinski definition) is 5. The molecule has 0 fully saturated rings. The van der Waals surface area contributed by atoms with Gasteiger partial charge in [0, 0.05) is 38.1 Å². The molecule has 2 amide bonds. The summed E-state index contributed by atoms with van der Waals surface area (Å²) < 4.78 is 7.28. The molecule has 27 heavy (non-hydrogen) atoms. The second kappa shape index (κ2) is 7.10. The number of H-pyrrole nitrogens is 1. The number of aromatic nitrogens is 5. The Morgan fingerprint density at radius 1 is 1.37 bits per heavy atom. The van der Waals surface area contributed by atoms with Gasteiger partial charge < -0.3 is 19.9 Å². The minimum Gasteiger partial charge on any atom is -0.476 e. The van der Waals surface area contributed by atoms with Gasteiger partial charge in [-0.05, 0) is 25.1 Å². The van der Waals surface area contributed by atoms with Crippen LogP contribution < -0.4 is 10.1 Å². The van der Waals surface area contributed by atoms with Crippen molar-refractivity contribution in [2.45, 2.75) is 19.4 Å². The van der Waals surface area contributed by atoms with Crippen molar-refractivity contribution in [1.82, 2.24) is 29.6 Å². The highest BCUT2D eigenvalue weighted by Gasteiger charge is 2.36. The van der Waals surface area contributed by atoms with Gasteiger partial charge in [-0.15, -0.1) is 0 Å². The summed E-state index contributed by atoms with van der Waals surface area (Å²) in [6, 6.07) is 4.89. The molecule has 0 aliphatic carbocycles. The van der Waals surface area contributed by atoms with E-state index in [-0.39, 0.29) is 12.1 Å². The van der Waals surface area contributed by atoms with Crippen LogP contribution in [0.15, 0.2) is 36.9 Å². The minimum absolute atomic E-state index is 0.233. The number of nitrogens with one attached hydrogen (secondary N) is 2. The number of rotatable bonds is 4. The average Bonchev–Trinajstić information content (AvgIpc) is 3.31. The number of imidazole rings is 1. The predicted octanol–water partition coefficient (Wildman–Crippen LogP) is 2.12. The molecule has 0 bridgehead atoms. The van der Waals surface area contributed by atoms with Gasteiger partial charge in [-0.3, -0.25) is 4.68 Å². The first-order chi connectivity index (χ1) is 13.2. The van der Waals surface area contributed by atoms with Crippen LogP contribution >= 0.6 is 0 Å². The average molecular weight is 367 g/mol. The zero-order chi connectivity index (χ0) is 18.8. The van der Waals surface area contributed by atoms with Gasteiger partial charge in [0.25, 0.3) is 0 Å². The summed E-state index contributed by atoms with van der Waals surface area (Å²) in [5, 5.41) is 7.19. The van der Waals surface area contributed by atoms with Crippen LogP contribution in [0.4, 0.5) is 10.5 Å². The van der Waals surface area contributed by atoms with E-state index in [0.717, 1.165) is 17.1 Å². The van der Waals surface area contributed by atoms with Crippen molar-refractivity contribution in [3.8, 4) is 5.88 Å². The molecule has 140 valence electrons. The lowest BCUT2D eigenvalue weighted by atomic mass is 10.00. The fourth-order valence-electron chi connectivity index (χ4n) is 3.37. The number of ether oxygens (including phenoxy) is 1. The van der Waals surface area contributed by atoms with Gasteiger partial charge in [-0.1, -0.05) is 0 Å². The summed E-state index contributed by atoms with van der Waals surface area (Å²) in [6.45, 7) is 2.90. The number of urea groups is 1. The Balaban J connectivity index is 1.66. The fourth-order valence-corrected chi connectivity index (χ4v) is 3.37. The lowest BCUT2D eigenvalue weighted by Gasteiger charge is -2.34. The van der Waals surface area contributed by atoms with E-state index >= 15 is 0 Å². The van der Waals surface area contributed by atoms with Gasteiger partial charge in [0.15, 0.2) is 0 Å². The molecule has 4 rings (SSSR count). The Morgan fingerprint density at radius 2 is 2.26 bits per heavy atom. The standard InChI is InChI=1S/C18H21N7O2/c1-3-27-17-13(5-4-8-19-17)23-18(26)25-10-7-12-15(21-11-20-12)16(25)14-6-9-22-24(14)2/h4-6,8-9,11,16H,3,7,10H2,1-2H3,(H,20,21)(H,23,26)/t16-/m0/s1. The molecule has 0 saturated heterocycles. The van der Waals surface area contributed by atoms with Crippen molar-refractivity contribution in [3.05, 3.63) is 54.0 Å². The van der Waals surface area contributed by atoms with E-state index in [1.54, 1.807) is 40.4 Å². The van der Waals surface area contributed by atoms with Crippen molar-refractivity contribution in [3.63, 3.8) is 0 Å². The largest absolute Gasteiger partial charge is 0.476 e. The zero-order valence-electron chi connectivity index (χ0n) is 15.2. The van der Waals surface area contributed by atoms with E-state index in [4.69, 9.17) is 4.74 Å². The summed E-state index contributed by atoms with van der Waals surface area (Å²) in [7, 11) is 1.86. The number of carbonyl (C=O) groups excluding carboxylic acids is 1. The van der Waals surface area contributed by atoms with Crippen molar-refractivity contribution in [2.24, 2.45) is 7.05 Å². The molecular weight excluding hydrogens is 346 g/mol. The maximum absolute atomic E-state index is 13.1. The van der Waals surface area contributed by atoms with Crippen LogP contribution in [-0.2, 0) is 13.5 Å². The third-order valence-electron chi connectivity index (χ3n) is 4.62. The zero-order valence-corrected chi connectivity index (χ0v) is 15.2. The van der Waals surface area contributed by atoms with Crippen LogP contribution in [0.5, 0.6) is 5.88 Å². The smallest absolute Gasteiger partial charge is 0.322 e. The molecular formula is C18H21N7O2. The van der Waals surface area contributed by atoms with Crippen LogP contribution in [0.1, 0.15) is 30.0 Å². The third kappa shape index (κ3) is 3.12. The molecule has 9 nitrogen and oxygen atoms in total. The number of fused-ring (bicyclic) bond motifs is 1. The Morgan fingerprint density at radius 3 is 3.04 bits per heavy atom. The molecule has 0 saturated carbocycles. The Labute approximate surface area is 156 Å². The lowest BCUT2D eigenvalue weighted by Crippen LogP contribution is -2.43. The SMILES string of the molecule is CCOc1ncccc1NC(=O)N1CCc2[nH]cnc2[C@@H]1c1ccnn1C. The van der Waals surface area contributed by atoms with Crippen LogP contribution in [0, 0.1) is 0 Å². The number of aryl methyl sites for hydroxylation is 1. The van der Waals surface area contributed by atoms with Crippen LogP contribution in [0.25, 0.3) is 0 Å². The maximum Gasteiger partial charge on any atom is 0.322 e. The first-order valence-electron chi connectivity index (χ1n) is 8.84. The molecule has 9 heteroatoms. The Hall–Kier alpha value is -3.36. The van der Waals surface area contributed by atoms with Gasteiger partial charge in [-0.2, -0.15) is 5.10 Å². The van der Waals surface area contributed by atoms with E-state index in [0.29, 0.717) is 31.1 Å². The van der Waals surface area contributed by atoms with Gasteiger partial charge in [0.1, 0.15) is 11.7 Å². The van der Waals surface area contributed by atoms with Crippen molar-refractivity contribution >= 4 is 11.7 Å². The molecule has 0 aromatic carbocycles. The summed E-state index contributed by atoms with van der Waals surface area (Å²) in [6.07, 6.45) is 5.74. The Bertz CT molecular complexity index is 949. The van der Waals surface area contributed by atoms with E-state index < -0.39 is 0 Å². The monoisotopic (exact) mass is 367 g/mol. The van der Waals surface area contributed by atoms with Crippen molar-refractivity contribution in [2.75, 3.05) is 18.5 Å². The highest BCUT2D eigenvalue weighted by molar-refractivity contribution is 5.91. The molecule has 2 N–H and O–H groups in total. The second-order valence-electron chi connectivity index (χ2n) is 6.21. The van der Waals surface area contributed by atoms with E-state index in [1.807, 2.05) is 20.0 Å². The van der Waals surface area contributed by atoms with Crippen molar-refractivity contribution < 1.29 is 9.53 Å². The van der Waals surface area contributed by atoms with Crippen LogP contribution in [0.3, 0.4) is 0 Å². The highest BCUT2D eigenvalue weighted by atomic mass is 16.5. The number of pyridine rings is 1. The summed E-state index contributed by atoms with van der Waals surface area (Å²) >= 11 is 0. The van der Waals surface area contributed by atoms with Crippen LogP contribution in [-0.4, -0.2) is 48.8 Å². The summed E-state index contributed by atoms with van der Waals surface area (Å²) in [5.41, 5.74) is 3.33. The van der Waals surface area contributed by atoms with E-state index in [9.17, 15) is 4.79 Å². The maximum atomic E-state index is 13.1. The van der Waals surface area contributed by atoms with E-state index in [2.05, 4.69) is 25.4 Å². The van der Waals surface area contributed by atoms with Gasteiger partial charge >= 0.3 is 6.03 Å². The normalized spacial score (nSPS) is 16.1. The molecule has 4 heterocycles. The summed E-state index contributed by atoms with van der Waals surface area (Å²) in [5.74, 6) is 0.405. The second-order valence-corrected chi connectivity index (χ2v) is 6.21. The van der Waals surface area contributed by atoms with E-state index in [1.165, 1.54) is 0 Å². The number of nitrogens with zero attached hydrogens (tertiary/aromatic N) is 5. The molecule has 0 unspecified atom stereocenters. The quantitative estimate of drug-likeness (QED) is 0.735. The number of aromatic amines is 1. The molecule has 3 aromatic rings. The molecule has 0 radical (unpaired) electrons. The first kappa shape index (κ1) is 17.1. The highest BCUT2D eigenvalue weighted by Crippen LogP contribution is 2.33. The number of anilines is 1. The molecule has 3 aromatic heterocycles. The summed E-state index contributed by atoms with van der Waals surface area (Å²) in [4.78, 5) is 26.7. The molecule has 1 aliphatic heterocycles. The third-order valence-corrected chi connectivity index (χ3v) is 4.62.